The van der Waals surface area contributed by atoms with Crippen LogP contribution < -0.4 is 0 Å². The van der Waals surface area contributed by atoms with Gasteiger partial charge in [0.2, 0.25) is 0 Å². The Bertz CT molecular complexity index is 165. The minimum absolute atomic E-state index is 1.02. The van der Waals surface area contributed by atoms with Gasteiger partial charge in [0.15, 0.2) is 0 Å². The molecule has 0 aromatic rings. The summed E-state index contributed by atoms with van der Waals surface area (Å²) in [5.74, 6) is 0. The van der Waals surface area contributed by atoms with E-state index in [0.717, 1.165) is 6.42 Å². The van der Waals surface area contributed by atoms with Crippen LogP contribution in [0.2, 0.25) is 0 Å². The number of hydrogen-bond donors (Lipinski definition) is 0. The van der Waals surface area contributed by atoms with E-state index >= 15 is 0 Å². The molecule has 0 aromatic carbocycles. The second-order valence-electron chi connectivity index (χ2n) is 3.98. The molecule has 0 heteroatoms. The zero-order chi connectivity index (χ0) is 11.2. The van der Waals surface area contributed by atoms with Gasteiger partial charge in [-0.2, -0.15) is 0 Å². The van der Waals surface area contributed by atoms with Crippen LogP contribution in [0.25, 0.3) is 0 Å². The third-order valence-electron chi connectivity index (χ3n) is 2.50. The maximum Gasteiger partial charge on any atom is -0.0172 e. The molecule has 86 valence electrons. The first kappa shape index (κ1) is 14.2. The van der Waals surface area contributed by atoms with E-state index in [9.17, 15) is 0 Å². The zero-order valence-electron chi connectivity index (χ0n) is 10.1. The summed E-state index contributed by atoms with van der Waals surface area (Å²) in [6.07, 6.45) is 20.1. The van der Waals surface area contributed by atoms with E-state index in [1.54, 1.807) is 0 Å². The molecule has 15 heavy (non-hydrogen) atoms. The highest BCUT2D eigenvalue weighted by Crippen LogP contribution is 2.09. The van der Waals surface area contributed by atoms with Gasteiger partial charge in [0.25, 0.3) is 0 Å². The minimum atomic E-state index is 1.02. The molecule has 0 bridgehead atoms. The second kappa shape index (κ2) is 13.2. The van der Waals surface area contributed by atoms with Crippen molar-refractivity contribution >= 4 is 0 Å². The van der Waals surface area contributed by atoms with Gasteiger partial charge in [0, 0.05) is 0 Å². The molecule has 0 saturated carbocycles. The molecule has 0 fully saturated rings. The van der Waals surface area contributed by atoms with E-state index < -0.39 is 0 Å². The number of rotatable bonds is 11. The quantitative estimate of drug-likeness (QED) is 0.312. The Morgan fingerprint density at radius 3 is 1.80 bits per heavy atom. The Hall–Kier alpha value is -0.780. The van der Waals surface area contributed by atoms with Crippen molar-refractivity contribution in [3.63, 3.8) is 0 Å². The summed E-state index contributed by atoms with van der Waals surface area (Å²) in [5, 5.41) is 0. The summed E-state index contributed by atoms with van der Waals surface area (Å²) in [7, 11) is 0. The van der Waals surface area contributed by atoms with Crippen LogP contribution in [-0.4, -0.2) is 0 Å². The Labute approximate surface area is 95.8 Å². The summed E-state index contributed by atoms with van der Waals surface area (Å²) in [4.78, 5) is 0. The molecule has 0 saturated heterocycles. The monoisotopic (exact) mass is 206 g/mol. The Morgan fingerprint density at radius 2 is 1.20 bits per heavy atom. The van der Waals surface area contributed by atoms with Crippen LogP contribution in [0.4, 0.5) is 0 Å². The van der Waals surface area contributed by atoms with Crippen molar-refractivity contribution in [1.29, 1.82) is 0 Å². The lowest BCUT2D eigenvalue weighted by atomic mass is 10.1. The molecule has 0 spiro atoms. The highest BCUT2D eigenvalue weighted by Gasteiger charge is 1.89. The predicted molar refractivity (Wildman–Crippen MR) is 71.1 cm³/mol. The summed E-state index contributed by atoms with van der Waals surface area (Å²) >= 11 is 0. The third-order valence-corrected chi connectivity index (χ3v) is 2.50. The Morgan fingerprint density at radius 1 is 0.600 bits per heavy atom. The van der Waals surface area contributed by atoms with Crippen molar-refractivity contribution in [2.75, 3.05) is 0 Å². The minimum Gasteiger partial charge on any atom is -0.103 e. The fourth-order valence-electron chi connectivity index (χ4n) is 1.57. The molecule has 0 radical (unpaired) electrons. The van der Waals surface area contributed by atoms with Crippen LogP contribution in [0.15, 0.2) is 37.5 Å². The molecule has 0 atom stereocenters. The highest BCUT2D eigenvalue weighted by molar-refractivity contribution is 4.87. The first-order valence-electron chi connectivity index (χ1n) is 6.28. The van der Waals surface area contributed by atoms with Gasteiger partial charge >= 0.3 is 0 Å². The summed E-state index contributed by atoms with van der Waals surface area (Å²) in [6.45, 7) is 7.41. The highest BCUT2D eigenvalue weighted by atomic mass is 14.0. The van der Waals surface area contributed by atoms with E-state index in [1.807, 2.05) is 12.2 Å². The largest absolute Gasteiger partial charge is 0.103 e. The average molecular weight is 206 g/mol. The number of allylic oxidation sites excluding steroid dienone is 4. The molecule has 0 unspecified atom stereocenters. The van der Waals surface area contributed by atoms with E-state index in [2.05, 4.69) is 25.3 Å². The topological polar surface area (TPSA) is 0 Å². The van der Waals surface area contributed by atoms with Gasteiger partial charge in [0.05, 0.1) is 0 Å². The summed E-state index contributed by atoms with van der Waals surface area (Å²) in [6, 6.07) is 0. The van der Waals surface area contributed by atoms with E-state index in [-0.39, 0.29) is 0 Å². The number of unbranched alkanes of at least 4 members (excludes halogenated alkanes) is 7. The molecule has 0 heterocycles. The Balaban J connectivity index is 2.98. The maximum atomic E-state index is 3.73. The molecular weight excluding hydrogens is 180 g/mol. The van der Waals surface area contributed by atoms with Crippen molar-refractivity contribution in [2.24, 2.45) is 0 Å². The lowest BCUT2D eigenvalue weighted by Gasteiger charge is -1.98. The molecule has 0 nitrogen and oxygen atoms in total. The van der Waals surface area contributed by atoms with Crippen molar-refractivity contribution in [3.8, 4) is 0 Å². The molecule has 0 rings (SSSR count). The van der Waals surface area contributed by atoms with Crippen molar-refractivity contribution in [1.82, 2.24) is 0 Å². The average Bonchev–Trinajstić information content (AvgIpc) is 2.26. The van der Waals surface area contributed by atoms with Crippen LogP contribution in [0.3, 0.4) is 0 Å². The Kier molecular flexibility index (Phi) is 12.5. The van der Waals surface area contributed by atoms with Gasteiger partial charge < -0.3 is 0 Å². The first-order chi connectivity index (χ1) is 7.41. The van der Waals surface area contributed by atoms with E-state index in [4.69, 9.17) is 0 Å². The SMILES string of the molecule is C=CCC=CCCCCCCCCC=C. The van der Waals surface area contributed by atoms with Crippen LogP contribution in [0.5, 0.6) is 0 Å². The molecule has 0 aliphatic heterocycles. The second-order valence-corrected chi connectivity index (χ2v) is 3.98. The fraction of sp³-hybridized carbons (Fsp3) is 0.600. The van der Waals surface area contributed by atoms with Crippen molar-refractivity contribution < 1.29 is 0 Å². The van der Waals surface area contributed by atoms with E-state index in [1.165, 1.54) is 51.4 Å². The molecule has 0 amide bonds. The maximum absolute atomic E-state index is 3.73. The van der Waals surface area contributed by atoms with Crippen LogP contribution in [0.1, 0.15) is 57.8 Å². The molecule has 0 N–H and O–H groups in total. The van der Waals surface area contributed by atoms with Gasteiger partial charge in [0.1, 0.15) is 0 Å². The van der Waals surface area contributed by atoms with Crippen molar-refractivity contribution in [3.05, 3.63) is 37.5 Å². The lowest BCUT2D eigenvalue weighted by Crippen LogP contribution is -1.79. The smallest absolute Gasteiger partial charge is 0.0172 e. The van der Waals surface area contributed by atoms with E-state index in [0.29, 0.717) is 0 Å². The normalized spacial score (nSPS) is 10.7. The fourth-order valence-corrected chi connectivity index (χ4v) is 1.57. The molecule has 0 aliphatic carbocycles. The first-order valence-corrected chi connectivity index (χ1v) is 6.28. The van der Waals surface area contributed by atoms with Gasteiger partial charge in [-0.15, -0.1) is 13.2 Å². The summed E-state index contributed by atoms with van der Waals surface area (Å²) < 4.78 is 0. The van der Waals surface area contributed by atoms with Gasteiger partial charge in [-0.3, -0.25) is 0 Å². The van der Waals surface area contributed by atoms with Gasteiger partial charge in [-0.05, 0) is 32.1 Å². The van der Waals surface area contributed by atoms with Crippen LogP contribution in [-0.2, 0) is 0 Å². The standard InChI is InChI=1S/C15H26/c1-3-5-7-9-11-13-15-14-12-10-8-6-4-2/h3-4,7,9H,1-2,5-6,8,10-15H2. The number of hydrogen-bond acceptors (Lipinski definition) is 0. The zero-order valence-corrected chi connectivity index (χ0v) is 10.1. The van der Waals surface area contributed by atoms with Crippen LogP contribution >= 0.6 is 0 Å². The van der Waals surface area contributed by atoms with Gasteiger partial charge in [-0.1, -0.05) is 50.0 Å². The molecule has 0 aromatic heterocycles. The lowest BCUT2D eigenvalue weighted by molar-refractivity contribution is 0.600. The molecule has 0 aliphatic rings. The van der Waals surface area contributed by atoms with Crippen LogP contribution in [0, 0.1) is 0 Å². The van der Waals surface area contributed by atoms with Gasteiger partial charge in [-0.25, -0.2) is 0 Å². The predicted octanol–water partition coefficient (Wildman–Crippen LogP) is 5.43. The third kappa shape index (κ3) is 13.2. The van der Waals surface area contributed by atoms with Crippen molar-refractivity contribution in [2.45, 2.75) is 57.8 Å². The molecular formula is C15H26. The summed E-state index contributed by atoms with van der Waals surface area (Å²) in [5.41, 5.74) is 0.